The van der Waals surface area contributed by atoms with Crippen LogP contribution in [0.3, 0.4) is 0 Å². The minimum atomic E-state index is -3.32. The summed E-state index contributed by atoms with van der Waals surface area (Å²) < 4.78 is 15.3. The molecule has 2 unspecified atom stereocenters. The molecule has 0 saturated heterocycles. The zero-order valence-corrected chi connectivity index (χ0v) is 13.1. The summed E-state index contributed by atoms with van der Waals surface area (Å²) in [5.74, 6) is 0. The maximum atomic E-state index is 10.0. The number of rotatable bonds is 10. The van der Waals surface area contributed by atoms with Crippen molar-refractivity contribution in [2.75, 3.05) is 26.9 Å². The predicted molar refractivity (Wildman–Crippen MR) is 69.1 cm³/mol. The summed E-state index contributed by atoms with van der Waals surface area (Å²) in [6.07, 6.45) is -0.400. The van der Waals surface area contributed by atoms with Crippen molar-refractivity contribution >= 4 is 17.4 Å². The van der Waals surface area contributed by atoms with Gasteiger partial charge in [0.15, 0.2) is 0 Å². The van der Waals surface area contributed by atoms with Crippen molar-refractivity contribution in [3.8, 4) is 0 Å². The quantitative estimate of drug-likeness (QED) is 0.304. The summed E-state index contributed by atoms with van der Waals surface area (Å²) >= 11 is 0. The van der Waals surface area contributed by atoms with Gasteiger partial charge in [-0.2, -0.15) is 0 Å². The molecule has 0 amide bonds. The van der Waals surface area contributed by atoms with Crippen LogP contribution in [0.4, 0.5) is 0 Å². The molecular formula is C9H24O7Si2. The Hall–Kier alpha value is 0.154. The minimum absolute atomic E-state index is 0.0462. The van der Waals surface area contributed by atoms with E-state index in [1.807, 2.05) is 0 Å². The minimum Gasteiger partial charge on any atom is -0.411 e. The van der Waals surface area contributed by atoms with Gasteiger partial charge in [0.1, 0.15) is 6.10 Å². The van der Waals surface area contributed by atoms with Crippen LogP contribution < -0.4 is 0 Å². The third-order valence-corrected chi connectivity index (χ3v) is 6.93. The van der Waals surface area contributed by atoms with E-state index in [-0.39, 0.29) is 19.3 Å². The second-order valence-corrected chi connectivity index (χ2v) is 10.5. The first-order valence-corrected chi connectivity index (χ1v) is 10.6. The van der Waals surface area contributed by atoms with Crippen LogP contribution in [0.5, 0.6) is 0 Å². The first-order valence-electron chi connectivity index (χ1n) is 5.79. The highest BCUT2D eigenvalue weighted by Gasteiger charge is 2.41. The highest BCUT2D eigenvalue weighted by molar-refractivity contribution is 6.75. The molecule has 0 aliphatic carbocycles. The van der Waals surface area contributed by atoms with Crippen molar-refractivity contribution in [2.45, 2.75) is 31.7 Å². The maximum absolute atomic E-state index is 10.0. The van der Waals surface area contributed by atoms with Crippen molar-refractivity contribution < 1.29 is 33.1 Å². The Morgan fingerprint density at radius 3 is 2.28 bits per heavy atom. The predicted octanol–water partition coefficient (Wildman–Crippen LogP) is -0.965. The second kappa shape index (κ2) is 8.35. The molecule has 18 heavy (non-hydrogen) atoms. The van der Waals surface area contributed by atoms with E-state index in [0.29, 0.717) is 13.0 Å². The van der Waals surface area contributed by atoms with Crippen molar-refractivity contribution in [1.29, 1.82) is 0 Å². The van der Waals surface area contributed by atoms with Crippen molar-refractivity contribution in [3.63, 3.8) is 0 Å². The van der Waals surface area contributed by atoms with Gasteiger partial charge < -0.3 is 33.1 Å². The molecule has 0 aromatic carbocycles. The van der Waals surface area contributed by atoms with Crippen LogP contribution in [0, 0.1) is 0 Å². The Bertz CT molecular complexity index is 223. The molecule has 0 aromatic rings. The van der Waals surface area contributed by atoms with Gasteiger partial charge in [0.2, 0.25) is 0 Å². The molecule has 7 nitrogen and oxygen atoms in total. The molecule has 110 valence electrons. The highest BCUT2D eigenvalue weighted by atomic mass is 28.5. The fourth-order valence-corrected chi connectivity index (χ4v) is 5.91. The van der Waals surface area contributed by atoms with E-state index in [1.165, 1.54) is 7.11 Å². The number of hydrogen-bond donors (Lipinski definition) is 4. The van der Waals surface area contributed by atoms with E-state index in [9.17, 15) is 9.59 Å². The standard InChI is InChI=1S/C9H24O7Si2/c1-14-18(13,16-17(2,3)12)6-4-5-15-8-9(11)7-10/h9-13H,4-8H2,1-3H3. The van der Waals surface area contributed by atoms with Gasteiger partial charge in [-0.05, 0) is 19.5 Å². The molecule has 9 heteroatoms. The van der Waals surface area contributed by atoms with Crippen LogP contribution >= 0.6 is 0 Å². The van der Waals surface area contributed by atoms with Gasteiger partial charge >= 0.3 is 17.4 Å². The summed E-state index contributed by atoms with van der Waals surface area (Å²) in [6, 6.07) is 0.274. The van der Waals surface area contributed by atoms with Gasteiger partial charge in [0.05, 0.1) is 13.2 Å². The lowest BCUT2D eigenvalue weighted by Crippen LogP contribution is -2.50. The smallest absolute Gasteiger partial charge is 0.411 e. The van der Waals surface area contributed by atoms with Gasteiger partial charge in [0, 0.05) is 19.8 Å². The van der Waals surface area contributed by atoms with Gasteiger partial charge in [0.25, 0.3) is 0 Å². The van der Waals surface area contributed by atoms with Gasteiger partial charge in [-0.15, -0.1) is 0 Å². The number of ether oxygens (including phenoxy) is 1. The third-order valence-electron chi connectivity index (χ3n) is 2.03. The van der Waals surface area contributed by atoms with Gasteiger partial charge in [-0.1, -0.05) is 0 Å². The van der Waals surface area contributed by atoms with Crippen LogP contribution in [0.2, 0.25) is 19.1 Å². The fourth-order valence-electron chi connectivity index (χ4n) is 1.25. The van der Waals surface area contributed by atoms with Crippen LogP contribution in [0.1, 0.15) is 6.42 Å². The first kappa shape index (κ1) is 18.2. The molecule has 4 N–H and O–H groups in total. The van der Waals surface area contributed by atoms with Gasteiger partial charge in [-0.25, -0.2) is 0 Å². The molecule has 2 atom stereocenters. The Morgan fingerprint density at radius 2 is 1.83 bits per heavy atom. The Kier molecular flexibility index (Phi) is 8.42. The van der Waals surface area contributed by atoms with Crippen molar-refractivity contribution in [3.05, 3.63) is 0 Å². The lowest BCUT2D eigenvalue weighted by molar-refractivity contribution is 0.00577. The molecule has 0 aliphatic rings. The topological polar surface area (TPSA) is 109 Å². The molecule has 0 rings (SSSR count). The Balaban J connectivity index is 3.86. The van der Waals surface area contributed by atoms with E-state index < -0.39 is 23.5 Å². The van der Waals surface area contributed by atoms with Crippen LogP contribution in [-0.2, 0) is 13.3 Å². The largest absolute Gasteiger partial charge is 0.489 e. The molecule has 0 aliphatic heterocycles. The number of aliphatic hydroxyl groups excluding tert-OH is 2. The molecule has 0 fully saturated rings. The molecule has 0 heterocycles. The number of hydrogen-bond acceptors (Lipinski definition) is 7. The van der Waals surface area contributed by atoms with Crippen molar-refractivity contribution in [2.24, 2.45) is 0 Å². The lowest BCUT2D eigenvalue weighted by Gasteiger charge is -2.28. The summed E-state index contributed by atoms with van der Waals surface area (Å²) in [4.78, 5) is 19.6. The van der Waals surface area contributed by atoms with Crippen LogP contribution in [0.25, 0.3) is 0 Å². The normalized spacial score (nSPS) is 17.5. The maximum Gasteiger partial charge on any atom is 0.489 e. The van der Waals surface area contributed by atoms with E-state index in [4.69, 9.17) is 23.5 Å². The Morgan fingerprint density at radius 1 is 1.22 bits per heavy atom. The van der Waals surface area contributed by atoms with E-state index >= 15 is 0 Å². The Labute approximate surface area is 110 Å². The molecule has 0 aromatic heterocycles. The summed E-state index contributed by atoms with van der Waals surface area (Å²) in [6.45, 7) is 3.12. The third kappa shape index (κ3) is 9.13. The SMILES string of the molecule is CO[Si](O)(CCCOCC(O)CO)O[Si](C)(C)O. The monoisotopic (exact) mass is 300 g/mol. The van der Waals surface area contributed by atoms with Crippen molar-refractivity contribution in [1.82, 2.24) is 0 Å². The van der Waals surface area contributed by atoms with E-state index in [2.05, 4.69) is 0 Å². The zero-order valence-electron chi connectivity index (χ0n) is 11.1. The van der Waals surface area contributed by atoms with Gasteiger partial charge in [-0.3, -0.25) is 0 Å². The molecule has 0 bridgehead atoms. The lowest BCUT2D eigenvalue weighted by atomic mass is 10.4. The molecule has 0 saturated carbocycles. The fraction of sp³-hybridized carbons (Fsp3) is 1.00. The average molecular weight is 300 g/mol. The summed E-state index contributed by atoms with van der Waals surface area (Å²) in [5.41, 5.74) is 0. The van der Waals surface area contributed by atoms with Crippen LogP contribution in [-0.4, -0.2) is 70.2 Å². The van der Waals surface area contributed by atoms with E-state index in [1.54, 1.807) is 13.1 Å². The first-order chi connectivity index (χ1) is 8.22. The average Bonchev–Trinajstić information content (AvgIpc) is 2.26. The van der Waals surface area contributed by atoms with Crippen LogP contribution in [0.15, 0.2) is 0 Å². The highest BCUT2D eigenvalue weighted by Crippen LogP contribution is 2.16. The molecule has 0 radical (unpaired) electrons. The second-order valence-electron chi connectivity index (χ2n) is 4.48. The summed E-state index contributed by atoms with van der Waals surface area (Å²) in [7, 11) is -4.81. The van der Waals surface area contributed by atoms with E-state index in [0.717, 1.165) is 0 Å². The number of aliphatic hydroxyl groups is 2. The molecule has 0 spiro atoms. The summed E-state index contributed by atoms with van der Waals surface area (Å²) in [5, 5.41) is 17.6. The zero-order chi connectivity index (χ0) is 14.2. The molecular weight excluding hydrogens is 276 g/mol.